The summed E-state index contributed by atoms with van der Waals surface area (Å²) in [4.78, 5) is 0. The van der Waals surface area contributed by atoms with E-state index in [4.69, 9.17) is 4.42 Å². The van der Waals surface area contributed by atoms with Gasteiger partial charge in [-0.05, 0) is 31.2 Å². The largest absolute Gasteiger partial charge is 0.421 e. The summed E-state index contributed by atoms with van der Waals surface area (Å²) in [7, 11) is 0. The monoisotopic (exact) mass is 327 g/mol. The molecule has 0 aliphatic rings. The number of benzene rings is 1. The van der Waals surface area contributed by atoms with Crippen molar-refractivity contribution in [2.24, 2.45) is 0 Å². The molecule has 0 saturated heterocycles. The summed E-state index contributed by atoms with van der Waals surface area (Å²) in [6.07, 6.45) is 1.76. The highest BCUT2D eigenvalue weighted by Gasteiger charge is 2.10. The molecule has 1 aromatic heterocycles. The lowest BCUT2D eigenvalue weighted by molar-refractivity contribution is 0.494. The van der Waals surface area contributed by atoms with Crippen molar-refractivity contribution in [3.05, 3.63) is 34.4 Å². The smallest absolute Gasteiger partial charge is 0.247 e. The molecule has 0 radical (unpaired) electrons. The molecular formula is C13H15BrFN3O. The van der Waals surface area contributed by atoms with Crippen molar-refractivity contribution in [2.75, 3.05) is 13.1 Å². The zero-order chi connectivity index (χ0) is 13.7. The Hall–Kier alpha value is -1.27. The van der Waals surface area contributed by atoms with Gasteiger partial charge in [0, 0.05) is 23.0 Å². The molecule has 0 saturated carbocycles. The van der Waals surface area contributed by atoms with Crippen LogP contribution in [0.3, 0.4) is 0 Å². The third kappa shape index (κ3) is 4.11. The lowest BCUT2D eigenvalue weighted by atomic mass is 10.2. The van der Waals surface area contributed by atoms with Crippen LogP contribution in [-0.4, -0.2) is 23.3 Å². The molecule has 0 aliphatic carbocycles. The second kappa shape index (κ2) is 6.77. The van der Waals surface area contributed by atoms with Crippen molar-refractivity contribution in [1.29, 1.82) is 0 Å². The van der Waals surface area contributed by atoms with E-state index >= 15 is 0 Å². The average Bonchev–Trinajstić information content (AvgIpc) is 2.82. The van der Waals surface area contributed by atoms with Crippen LogP contribution in [0.5, 0.6) is 0 Å². The molecule has 0 bridgehead atoms. The maximum atomic E-state index is 13.3. The van der Waals surface area contributed by atoms with Gasteiger partial charge in [-0.15, -0.1) is 10.2 Å². The topological polar surface area (TPSA) is 51.0 Å². The molecule has 0 fully saturated rings. The maximum absolute atomic E-state index is 13.3. The molecule has 1 N–H and O–H groups in total. The highest BCUT2D eigenvalue weighted by molar-refractivity contribution is 9.10. The van der Waals surface area contributed by atoms with E-state index in [0.29, 0.717) is 28.2 Å². The summed E-state index contributed by atoms with van der Waals surface area (Å²) >= 11 is 3.24. The first-order chi connectivity index (χ1) is 9.19. The molecule has 1 heterocycles. The Morgan fingerprint density at radius 2 is 2.11 bits per heavy atom. The summed E-state index contributed by atoms with van der Waals surface area (Å²) in [5.74, 6) is 0.554. The second-order valence-corrected chi connectivity index (χ2v) is 5.07. The number of halogens is 2. The molecule has 0 spiro atoms. The third-order valence-electron chi connectivity index (χ3n) is 2.52. The number of rotatable bonds is 6. The quantitative estimate of drug-likeness (QED) is 0.828. The van der Waals surface area contributed by atoms with Gasteiger partial charge in [0.05, 0.1) is 0 Å². The van der Waals surface area contributed by atoms with Gasteiger partial charge in [-0.3, -0.25) is 0 Å². The number of hydrogen-bond donors (Lipinski definition) is 1. The molecule has 1 aromatic carbocycles. The Labute approximate surface area is 119 Å². The SMILES string of the molecule is CCCNCCc1nnc(-c2cc(F)cc(Br)c2)o1. The standard InChI is InChI=1S/C13H15BrFN3O/c1-2-4-16-5-3-12-17-18-13(19-12)9-6-10(14)8-11(15)7-9/h6-8,16H,2-5H2,1H3. The fraction of sp³-hybridized carbons (Fsp3) is 0.385. The van der Waals surface area contributed by atoms with Gasteiger partial charge in [0.25, 0.3) is 0 Å². The summed E-state index contributed by atoms with van der Waals surface area (Å²) < 4.78 is 19.4. The third-order valence-corrected chi connectivity index (χ3v) is 2.98. The zero-order valence-corrected chi connectivity index (χ0v) is 12.2. The van der Waals surface area contributed by atoms with Gasteiger partial charge in [-0.2, -0.15) is 0 Å². The molecule has 102 valence electrons. The van der Waals surface area contributed by atoms with Crippen molar-refractivity contribution < 1.29 is 8.81 Å². The number of nitrogens with zero attached hydrogens (tertiary/aromatic N) is 2. The Kier molecular flexibility index (Phi) is 5.04. The Balaban J connectivity index is 2.03. The first kappa shape index (κ1) is 14.1. The highest BCUT2D eigenvalue weighted by atomic mass is 79.9. The first-order valence-corrected chi connectivity index (χ1v) is 6.98. The van der Waals surface area contributed by atoms with E-state index in [9.17, 15) is 4.39 Å². The van der Waals surface area contributed by atoms with Gasteiger partial charge in [-0.1, -0.05) is 22.9 Å². The second-order valence-electron chi connectivity index (χ2n) is 4.16. The van der Waals surface area contributed by atoms with E-state index in [1.165, 1.54) is 12.1 Å². The van der Waals surface area contributed by atoms with E-state index in [-0.39, 0.29) is 5.82 Å². The van der Waals surface area contributed by atoms with Crippen LogP contribution < -0.4 is 5.32 Å². The normalized spacial score (nSPS) is 10.9. The van der Waals surface area contributed by atoms with Crippen LogP contribution in [0.25, 0.3) is 11.5 Å². The van der Waals surface area contributed by atoms with Gasteiger partial charge in [0.15, 0.2) is 0 Å². The molecule has 0 unspecified atom stereocenters. The zero-order valence-electron chi connectivity index (χ0n) is 10.6. The fourth-order valence-electron chi connectivity index (χ4n) is 1.65. The molecule has 2 aromatic rings. The Morgan fingerprint density at radius 3 is 2.84 bits per heavy atom. The predicted octanol–water partition coefficient (Wildman–Crippen LogP) is 3.18. The van der Waals surface area contributed by atoms with Crippen molar-refractivity contribution in [2.45, 2.75) is 19.8 Å². The van der Waals surface area contributed by atoms with Gasteiger partial charge < -0.3 is 9.73 Å². The molecule has 0 aliphatic heterocycles. The molecular weight excluding hydrogens is 313 g/mol. The van der Waals surface area contributed by atoms with E-state index < -0.39 is 0 Å². The van der Waals surface area contributed by atoms with Crippen LogP contribution in [0, 0.1) is 5.82 Å². The van der Waals surface area contributed by atoms with Crippen LogP contribution in [0.15, 0.2) is 27.1 Å². The van der Waals surface area contributed by atoms with Crippen LogP contribution in [-0.2, 0) is 6.42 Å². The highest BCUT2D eigenvalue weighted by Crippen LogP contribution is 2.23. The van der Waals surface area contributed by atoms with Crippen LogP contribution in [0.4, 0.5) is 4.39 Å². The van der Waals surface area contributed by atoms with Crippen molar-refractivity contribution in [3.8, 4) is 11.5 Å². The summed E-state index contributed by atoms with van der Waals surface area (Å²) in [5.41, 5.74) is 0.576. The van der Waals surface area contributed by atoms with Gasteiger partial charge in [-0.25, -0.2) is 4.39 Å². The maximum Gasteiger partial charge on any atom is 0.247 e. The van der Waals surface area contributed by atoms with E-state index in [1.807, 2.05) is 0 Å². The van der Waals surface area contributed by atoms with E-state index in [1.54, 1.807) is 6.07 Å². The molecule has 6 heteroatoms. The molecule has 4 nitrogen and oxygen atoms in total. The fourth-order valence-corrected chi connectivity index (χ4v) is 2.11. The summed E-state index contributed by atoms with van der Waals surface area (Å²) in [6.45, 7) is 3.87. The predicted molar refractivity (Wildman–Crippen MR) is 74.3 cm³/mol. The summed E-state index contributed by atoms with van der Waals surface area (Å²) in [6, 6.07) is 4.50. The molecule has 0 amide bonds. The minimum absolute atomic E-state index is 0.339. The minimum Gasteiger partial charge on any atom is -0.421 e. The van der Waals surface area contributed by atoms with Crippen LogP contribution in [0.1, 0.15) is 19.2 Å². The van der Waals surface area contributed by atoms with Crippen molar-refractivity contribution in [1.82, 2.24) is 15.5 Å². The van der Waals surface area contributed by atoms with Gasteiger partial charge in [0.2, 0.25) is 11.8 Å². The molecule has 0 atom stereocenters. The van der Waals surface area contributed by atoms with Crippen LogP contribution >= 0.6 is 15.9 Å². The first-order valence-electron chi connectivity index (χ1n) is 6.18. The number of aromatic nitrogens is 2. The van der Waals surface area contributed by atoms with Gasteiger partial charge >= 0.3 is 0 Å². The van der Waals surface area contributed by atoms with Crippen molar-refractivity contribution >= 4 is 15.9 Å². The Bertz CT molecular complexity index is 524. The van der Waals surface area contributed by atoms with Gasteiger partial charge in [0.1, 0.15) is 5.82 Å². The van der Waals surface area contributed by atoms with Crippen LogP contribution in [0.2, 0.25) is 0 Å². The lowest BCUT2D eigenvalue weighted by Gasteiger charge is -1.99. The average molecular weight is 328 g/mol. The van der Waals surface area contributed by atoms with Crippen molar-refractivity contribution in [3.63, 3.8) is 0 Å². The molecule has 2 rings (SSSR count). The number of nitrogens with one attached hydrogen (secondary N) is 1. The minimum atomic E-state index is -0.339. The summed E-state index contributed by atoms with van der Waals surface area (Å²) in [5, 5.41) is 11.1. The van der Waals surface area contributed by atoms with E-state index in [0.717, 1.165) is 19.5 Å². The molecule has 19 heavy (non-hydrogen) atoms. The lowest BCUT2D eigenvalue weighted by Crippen LogP contribution is -2.17. The Morgan fingerprint density at radius 1 is 1.26 bits per heavy atom. The number of hydrogen-bond acceptors (Lipinski definition) is 4. The van der Waals surface area contributed by atoms with E-state index in [2.05, 4.69) is 38.4 Å².